The van der Waals surface area contributed by atoms with Crippen LogP contribution in [0.2, 0.25) is 0 Å². The Labute approximate surface area is 133 Å². The average Bonchev–Trinajstić information content (AvgIpc) is 2.84. The maximum Gasteiger partial charge on any atom is 0.0938 e. The molecule has 104 valence electrons. The molecule has 0 saturated carbocycles. The molecule has 0 radical (unpaired) electrons. The summed E-state index contributed by atoms with van der Waals surface area (Å²) in [7, 11) is 1.92. The Kier molecular flexibility index (Phi) is 4.87. The van der Waals surface area contributed by atoms with Crippen LogP contribution in [0.25, 0.3) is 0 Å². The van der Waals surface area contributed by atoms with E-state index < -0.39 is 6.10 Å². The summed E-state index contributed by atoms with van der Waals surface area (Å²) in [5.74, 6) is 0. The average molecular weight is 408 g/mol. The van der Waals surface area contributed by atoms with Gasteiger partial charge >= 0.3 is 0 Å². The van der Waals surface area contributed by atoms with Crippen LogP contribution >= 0.6 is 43.2 Å². The van der Waals surface area contributed by atoms with E-state index in [1.807, 2.05) is 24.7 Å². The first-order chi connectivity index (χ1) is 8.93. The molecule has 1 atom stereocenters. The summed E-state index contributed by atoms with van der Waals surface area (Å²) in [6.07, 6.45) is 0.955. The zero-order valence-corrected chi connectivity index (χ0v) is 15.1. The first kappa shape index (κ1) is 15.2. The van der Waals surface area contributed by atoms with Gasteiger partial charge in [-0.05, 0) is 56.8 Å². The molecule has 0 aliphatic carbocycles. The zero-order valence-electron chi connectivity index (χ0n) is 11.1. The molecule has 2 aromatic rings. The van der Waals surface area contributed by atoms with Gasteiger partial charge in [0.1, 0.15) is 0 Å². The molecule has 2 heterocycles. The van der Waals surface area contributed by atoms with Gasteiger partial charge in [0, 0.05) is 18.3 Å². The topological polar surface area (TPSA) is 38.0 Å². The second-order valence-corrected chi connectivity index (χ2v) is 7.70. The Morgan fingerprint density at radius 3 is 2.63 bits per heavy atom. The lowest BCUT2D eigenvalue weighted by Crippen LogP contribution is -2.05. The second-order valence-electron chi connectivity index (χ2n) is 4.51. The molecule has 6 heteroatoms. The fraction of sp³-hybridized carbons (Fsp3) is 0.462. The third-order valence-electron chi connectivity index (χ3n) is 3.09. The first-order valence-corrected chi connectivity index (χ1v) is 8.48. The Morgan fingerprint density at radius 2 is 2.16 bits per heavy atom. The summed E-state index contributed by atoms with van der Waals surface area (Å²) in [6, 6.07) is 2.03. The van der Waals surface area contributed by atoms with Gasteiger partial charge < -0.3 is 5.11 Å². The number of nitrogens with zero attached hydrogens (tertiary/aromatic N) is 2. The fourth-order valence-electron chi connectivity index (χ4n) is 1.97. The molecule has 0 aromatic carbocycles. The van der Waals surface area contributed by atoms with Crippen LogP contribution in [0.3, 0.4) is 0 Å². The van der Waals surface area contributed by atoms with Crippen LogP contribution in [0.1, 0.15) is 34.9 Å². The monoisotopic (exact) mass is 406 g/mol. The van der Waals surface area contributed by atoms with Crippen molar-refractivity contribution in [3.63, 3.8) is 0 Å². The van der Waals surface area contributed by atoms with E-state index in [0.29, 0.717) is 6.42 Å². The molecular weight excluding hydrogens is 392 g/mol. The molecule has 0 amide bonds. The van der Waals surface area contributed by atoms with Crippen LogP contribution in [0.15, 0.2) is 14.3 Å². The zero-order chi connectivity index (χ0) is 14.2. The molecule has 0 spiro atoms. The standard InChI is InChI=1S/C13H16Br2N2OS/c1-4-8-12(14)9(17(3)16-8)6-10(18)11-5-7(2)13(15)19-11/h5,10,18H,4,6H2,1-3H3. The third-order valence-corrected chi connectivity index (χ3v) is 6.25. The van der Waals surface area contributed by atoms with Crippen molar-refractivity contribution < 1.29 is 5.11 Å². The van der Waals surface area contributed by atoms with Crippen LogP contribution in [0.5, 0.6) is 0 Å². The predicted octanol–water partition coefficient (Wildman–Crippen LogP) is 4.15. The molecule has 2 aromatic heterocycles. The smallest absolute Gasteiger partial charge is 0.0938 e. The van der Waals surface area contributed by atoms with E-state index in [1.165, 1.54) is 0 Å². The van der Waals surface area contributed by atoms with Crippen molar-refractivity contribution >= 4 is 43.2 Å². The molecule has 1 N–H and O–H groups in total. The molecule has 1 unspecified atom stereocenters. The van der Waals surface area contributed by atoms with Crippen LogP contribution in [0, 0.1) is 6.92 Å². The minimum atomic E-state index is -0.494. The van der Waals surface area contributed by atoms with Crippen molar-refractivity contribution in [2.45, 2.75) is 32.8 Å². The van der Waals surface area contributed by atoms with E-state index in [2.05, 4.69) is 43.9 Å². The van der Waals surface area contributed by atoms with E-state index in [0.717, 1.165) is 36.5 Å². The number of thiophene rings is 1. The molecule has 19 heavy (non-hydrogen) atoms. The van der Waals surface area contributed by atoms with Gasteiger partial charge in [-0.25, -0.2) is 0 Å². The number of aliphatic hydroxyl groups is 1. The van der Waals surface area contributed by atoms with Crippen molar-refractivity contribution in [3.05, 3.63) is 36.2 Å². The van der Waals surface area contributed by atoms with Crippen molar-refractivity contribution in [2.75, 3.05) is 0 Å². The van der Waals surface area contributed by atoms with Crippen LogP contribution < -0.4 is 0 Å². The highest BCUT2D eigenvalue weighted by Gasteiger charge is 2.19. The van der Waals surface area contributed by atoms with E-state index in [4.69, 9.17) is 0 Å². The number of rotatable bonds is 4. The summed E-state index contributed by atoms with van der Waals surface area (Å²) in [5.41, 5.74) is 3.23. The largest absolute Gasteiger partial charge is 0.387 e. The highest BCUT2D eigenvalue weighted by Crippen LogP contribution is 2.34. The molecule has 0 fully saturated rings. The highest BCUT2D eigenvalue weighted by atomic mass is 79.9. The van der Waals surface area contributed by atoms with Gasteiger partial charge in [0.15, 0.2) is 0 Å². The van der Waals surface area contributed by atoms with E-state index >= 15 is 0 Å². The molecule has 0 bridgehead atoms. The van der Waals surface area contributed by atoms with Crippen LogP contribution in [-0.2, 0) is 19.9 Å². The predicted molar refractivity (Wildman–Crippen MR) is 85.7 cm³/mol. The van der Waals surface area contributed by atoms with Gasteiger partial charge in [-0.3, -0.25) is 4.68 Å². The number of hydrogen-bond donors (Lipinski definition) is 1. The summed E-state index contributed by atoms with van der Waals surface area (Å²) in [5, 5.41) is 14.8. The number of aromatic nitrogens is 2. The van der Waals surface area contributed by atoms with Crippen LogP contribution in [-0.4, -0.2) is 14.9 Å². The van der Waals surface area contributed by atoms with Gasteiger partial charge in [-0.2, -0.15) is 5.10 Å². The Hall–Kier alpha value is -0.170. The number of hydrogen-bond acceptors (Lipinski definition) is 3. The van der Waals surface area contributed by atoms with E-state index in [9.17, 15) is 5.11 Å². The minimum absolute atomic E-state index is 0.494. The Morgan fingerprint density at radius 1 is 1.47 bits per heavy atom. The maximum atomic E-state index is 10.4. The van der Waals surface area contributed by atoms with Crippen molar-refractivity contribution in [1.82, 2.24) is 9.78 Å². The molecule has 0 aliphatic heterocycles. The van der Waals surface area contributed by atoms with Gasteiger partial charge in [0.05, 0.1) is 25.8 Å². The lowest BCUT2D eigenvalue weighted by atomic mass is 10.1. The lowest BCUT2D eigenvalue weighted by molar-refractivity contribution is 0.179. The van der Waals surface area contributed by atoms with E-state index in [1.54, 1.807) is 11.3 Å². The Bertz CT molecular complexity index is 572. The van der Waals surface area contributed by atoms with Gasteiger partial charge in [0.2, 0.25) is 0 Å². The molecule has 2 rings (SSSR count). The van der Waals surface area contributed by atoms with Crippen molar-refractivity contribution in [1.29, 1.82) is 0 Å². The third kappa shape index (κ3) is 3.12. The molecular formula is C13H16Br2N2OS. The Balaban J connectivity index is 2.23. The van der Waals surface area contributed by atoms with Gasteiger partial charge in [-0.15, -0.1) is 11.3 Å². The quantitative estimate of drug-likeness (QED) is 0.826. The summed E-state index contributed by atoms with van der Waals surface area (Å²) in [4.78, 5) is 0.982. The van der Waals surface area contributed by atoms with E-state index in [-0.39, 0.29) is 0 Å². The lowest BCUT2D eigenvalue weighted by Gasteiger charge is -2.09. The van der Waals surface area contributed by atoms with Gasteiger partial charge in [-0.1, -0.05) is 6.92 Å². The van der Waals surface area contributed by atoms with Crippen molar-refractivity contribution in [2.24, 2.45) is 7.05 Å². The second kappa shape index (κ2) is 6.08. The molecule has 3 nitrogen and oxygen atoms in total. The molecule has 0 saturated heterocycles. The SMILES string of the molecule is CCc1nn(C)c(CC(O)c2cc(C)c(Br)s2)c1Br. The van der Waals surface area contributed by atoms with Crippen LogP contribution in [0.4, 0.5) is 0 Å². The first-order valence-electron chi connectivity index (χ1n) is 6.08. The highest BCUT2D eigenvalue weighted by molar-refractivity contribution is 9.11. The number of aliphatic hydroxyl groups excluding tert-OH is 1. The summed E-state index contributed by atoms with van der Waals surface area (Å²) in [6.45, 7) is 4.11. The summed E-state index contributed by atoms with van der Waals surface area (Å²) >= 11 is 8.66. The molecule has 0 aliphatic rings. The minimum Gasteiger partial charge on any atom is -0.387 e. The summed E-state index contributed by atoms with van der Waals surface area (Å²) < 4.78 is 3.95. The van der Waals surface area contributed by atoms with Gasteiger partial charge in [0.25, 0.3) is 0 Å². The number of halogens is 2. The fourth-order valence-corrected chi connectivity index (χ4v) is 4.31. The normalized spacial score (nSPS) is 12.9. The van der Waals surface area contributed by atoms with Crippen molar-refractivity contribution in [3.8, 4) is 0 Å². The maximum absolute atomic E-state index is 10.4. The number of aryl methyl sites for hydroxylation is 3.